The first-order valence-electron chi connectivity index (χ1n) is 7.69. The van der Waals surface area contributed by atoms with Gasteiger partial charge in [-0.2, -0.15) is 0 Å². The molecule has 2 N–H and O–H groups in total. The predicted molar refractivity (Wildman–Crippen MR) is 88.0 cm³/mol. The third-order valence-electron chi connectivity index (χ3n) is 4.31. The summed E-state index contributed by atoms with van der Waals surface area (Å²) in [6.07, 6.45) is 4.40. The Labute approximate surface area is 132 Å². The Morgan fingerprint density at radius 2 is 2.05 bits per heavy atom. The summed E-state index contributed by atoms with van der Waals surface area (Å²) in [5.74, 6) is 0.956. The molecule has 1 aromatic rings. The number of nitrogens with one attached hydrogen (secondary N) is 2. The molecule has 21 heavy (non-hydrogen) atoms. The Morgan fingerprint density at radius 1 is 1.33 bits per heavy atom. The maximum Gasteiger partial charge on any atom is 0.241 e. The molecule has 4 nitrogen and oxygen atoms in total. The van der Waals surface area contributed by atoms with E-state index in [0.29, 0.717) is 23.3 Å². The minimum atomic E-state index is -3.42. The first-order valence-corrected chi connectivity index (χ1v) is 10.0. The highest BCUT2D eigenvalue weighted by atomic mass is 32.2. The zero-order valence-corrected chi connectivity index (χ0v) is 14.7. The van der Waals surface area contributed by atoms with E-state index in [0.717, 1.165) is 24.1 Å². The summed E-state index contributed by atoms with van der Waals surface area (Å²) in [6.45, 7) is 4.97. The first-order chi connectivity index (χ1) is 9.95. The van der Waals surface area contributed by atoms with E-state index in [4.69, 9.17) is 0 Å². The van der Waals surface area contributed by atoms with Crippen LogP contribution in [0.15, 0.2) is 16.3 Å². The van der Waals surface area contributed by atoms with Crippen molar-refractivity contribution in [2.75, 3.05) is 7.05 Å². The molecule has 1 aliphatic rings. The summed E-state index contributed by atoms with van der Waals surface area (Å²) in [6, 6.07) is 1.79. The van der Waals surface area contributed by atoms with E-state index >= 15 is 0 Å². The van der Waals surface area contributed by atoms with E-state index in [1.165, 1.54) is 17.8 Å². The fourth-order valence-corrected chi connectivity index (χ4v) is 6.00. The zero-order chi connectivity index (χ0) is 15.5. The van der Waals surface area contributed by atoms with Gasteiger partial charge in [0.1, 0.15) is 0 Å². The van der Waals surface area contributed by atoms with Gasteiger partial charge in [-0.15, -0.1) is 11.3 Å². The smallest absolute Gasteiger partial charge is 0.241 e. The Kier molecular flexibility index (Phi) is 5.82. The second-order valence-electron chi connectivity index (χ2n) is 6.16. The zero-order valence-electron chi connectivity index (χ0n) is 13.1. The van der Waals surface area contributed by atoms with Crippen molar-refractivity contribution in [1.29, 1.82) is 0 Å². The molecule has 0 aromatic carbocycles. The van der Waals surface area contributed by atoms with Crippen molar-refractivity contribution in [2.45, 2.75) is 57.0 Å². The average molecular weight is 331 g/mol. The second kappa shape index (κ2) is 7.22. The van der Waals surface area contributed by atoms with Crippen LogP contribution in [0.5, 0.6) is 0 Å². The normalized spacial score (nSPS) is 23.6. The van der Waals surface area contributed by atoms with Crippen LogP contribution in [0.1, 0.15) is 44.4 Å². The fraction of sp³-hybridized carbons (Fsp3) is 0.733. The van der Waals surface area contributed by atoms with E-state index in [1.54, 1.807) is 6.07 Å². The quantitative estimate of drug-likeness (QED) is 0.843. The lowest BCUT2D eigenvalue weighted by Gasteiger charge is -2.34. The summed E-state index contributed by atoms with van der Waals surface area (Å²) < 4.78 is 28.4. The molecule has 1 aromatic heterocycles. The van der Waals surface area contributed by atoms with Crippen molar-refractivity contribution in [3.63, 3.8) is 0 Å². The SMILES string of the molecule is CNCc1sccc1S(=O)(=O)NC1CCCCC1C(C)C. The molecule has 1 saturated carbocycles. The molecule has 120 valence electrons. The van der Waals surface area contributed by atoms with Crippen LogP contribution in [-0.2, 0) is 16.6 Å². The molecule has 2 rings (SSSR count). The molecule has 0 amide bonds. The summed E-state index contributed by atoms with van der Waals surface area (Å²) >= 11 is 1.49. The van der Waals surface area contributed by atoms with E-state index in [-0.39, 0.29) is 6.04 Å². The van der Waals surface area contributed by atoms with Crippen molar-refractivity contribution in [1.82, 2.24) is 10.0 Å². The van der Waals surface area contributed by atoms with E-state index in [1.807, 2.05) is 12.4 Å². The maximum atomic E-state index is 12.7. The fourth-order valence-electron chi connectivity index (χ4n) is 3.22. The lowest BCUT2D eigenvalue weighted by molar-refractivity contribution is 0.226. The Bertz CT molecular complexity index is 552. The van der Waals surface area contributed by atoms with E-state index < -0.39 is 10.0 Å². The summed E-state index contributed by atoms with van der Waals surface area (Å²) in [5.41, 5.74) is 0. The lowest BCUT2D eigenvalue weighted by atomic mass is 9.78. The van der Waals surface area contributed by atoms with Crippen molar-refractivity contribution >= 4 is 21.4 Å². The van der Waals surface area contributed by atoms with Gasteiger partial charge < -0.3 is 5.32 Å². The van der Waals surface area contributed by atoms with Crippen LogP contribution in [0.25, 0.3) is 0 Å². The van der Waals surface area contributed by atoms with Crippen LogP contribution < -0.4 is 10.0 Å². The second-order valence-corrected chi connectivity index (χ2v) is 8.84. The minimum absolute atomic E-state index is 0.0751. The van der Waals surface area contributed by atoms with Crippen molar-refractivity contribution in [2.24, 2.45) is 11.8 Å². The van der Waals surface area contributed by atoms with Crippen LogP contribution >= 0.6 is 11.3 Å². The lowest BCUT2D eigenvalue weighted by Crippen LogP contribution is -2.44. The number of thiophene rings is 1. The molecule has 2 unspecified atom stereocenters. The van der Waals surface area contributed by atoms with Crippen molar-refractivity contribution in [3.05, 3.63) is 16.3 Å². The highest BCUT2D eigenvalue weighted by Crippen LogP contribution is 2.32. The Balaban J connectivity index is 2.17. The molecule has 0 aliphatic heterocycles. The Hall–Kier alpha value is -0.430. The van der Waals surface area contributed by atoms with Gasteiger partial charge in [-0.05, 0) is 43.2 Å². The molecule has 0 saturated heterocycles. The number of rotatable bonds is 6. The average Bonchev–Trinajstić information content (AvgIpc) is 2.88. The number of hydrogen-bond acceptors (Lipinski definition) is 4. The van der Waals surface area contributed by atoms with Gasteiger partial charge in [0, 0.05) is 17.5 Å². The molecule has 1 fully saturated rings. The van der Waals surface area contributed by atoms with E-state index in [9.17, 15) is 8.42 Å². The number of sulfonamides is 1. The molecule has 1 heterocycles. The monoisotopic (exact) mass is 330 g/mol. The number of hydrogen-bond donors (Lipinski definition) is 2. The van der Waals surface area contributed by atoms with Gasteiger partial charge in [0.25, 0.3) is 0 Å². The van der Waals surface area contributed by atoms with Crippen LogP contribution in [-0.4, -0.2) is 21.5 Å². The van der Waals surface area contributed by atoms with Gasteiger partial charge in [0.15, 0.2) is 0 Å². The van der Waals surface area contributed by atoms with Crippen LogP contribution in [0.2, 0.25) is 0 Å². The molecule has 6 heteroatoms. The molecule has 0 spiro atoms. The molecule has 0 radical (unpaired) electrons. The van der Waals surface area contributed by atoms with Gasteiger partial charge >= 0.3 is 0 Å². The maximum absolute atomic E-state index is 12.7. The Morgan fingerprint density at radius 3 is 2.71 bits per heavy atom. The van der Waals surface area contributed by atoms with Crippen molar-refractivity contribution < 1.29 is 8.42 Å². The predicted octanol–water partition coefficient (Wildman–Crippen LogP) is 2.96. The highest BCUT2D eigenvalue weighted by Gasteiger charge is 2.32. The van der Waals surface area contributed by atoms with Gasteiger partial charge in [-0.25, -0.2) is 13.1 Å². The largest absolute Gasteiger partial charge is 0.315 e. The first kappa shape index (κ1) is 16.9. The summed E-state index contributed by atoms with van der Waals surface area (Å²) in [5, 5.41) is 4.88. The van der Waals surface area contributed by atoms with Gasteiger partial charge in [-0.3, -0.25) is 0 Å². The third-order valence-corrected chi connectivity index (χ3v) is 6.94. The van der Waals surface area contributed by atoms with Gasteiger partial charge in [-0.1, -0.05) is 26.7 Å². The van der Waals surface area contributed by atoms with Crippen LogP contribution in [0, 0.1) is 11.8 Å². The van der Waals surface area contributed by atoms with Crippen molar-refractivity contribution in [3.8, 4) is 0 Å². The molecule has 1 aliphatic carbocycles. The summed E-state index contributed by atoms with van der Waals surface area (Å²) in [7, 11) is -1.58. The van der Waals surface area contributed by atoms with Crippen LogP contribution in [0.4, 0.5) is 0 Å². The molecule has 0 bridgehead atoms. The molecular weight excluding hydrogens is 304 g/mol. The third kappa shape index (κ3) is 4.06. The molecule has 2 atom stereocenters. The highest BCUT2D eigenvalue weighted by molar-refractivity contribution is 7.89. The van der Waals surface area contributed by atoms with Gasteiger partial charge in [0.05, 0.1) is 4.90 Å². The van der Waals surface area contributed by atoms with Gasteiger partial charge in [0.2, 0.25) is 10.0 Å². The van der Waals surface area contributed by atoms with E-state index in [2.05, 4.69) is 23.9 Å². The standard InChI is InChI=1S/C15H26N2O2S2/c1-11(2)12-6-4-5-7-13(12)17-21(18,19)15-8-9-20-14(15)10-16-3/h8-9,11-13,16-17H,4-7,10H2,1-3H3. The molecular formula is C15H26N2O2S2. The van der Waals surface area contributed by atoms with Crippen LogP contribution in [0.3, 0.4) is 0 Å². The minimum Gasteiger partial charge on any atom is -0.315 e. The topological polar surface area (TPSA) is 58.2 Å². The summed E-state index contributed by atoms with van der Waals surface area (Å²) in [4.78, 5) is 1.32.